The molecular weight excluding hydrogens is 244 g/mol. The summed E-state index contributed by atoms with van der Waals surface area (Å²) < 4.78 is 27.6. The maximum absolute atomic E-state index is 11.7. The highest BCUT2D eigenvalue weighted by atomic mass is 32.2. The third-order valence-corrected chi connectivity index (χ3v) is 3.59. The van der Waals surface area contributed by atoms with Crippen LogP contribution >= 0.6 is 0 Å². The van der Waals surface area contributed by atoms with Crippen LogP contribution in [0.25, 0.3) is 0 Å². The third-order valence-electron chi connectivity index (χ3n) is 2.21. The molecule has 9 heteroatoms. The molecule has 8 nitrogen and oxygen atoms in total. The van der Waals surface area contributed by atoms with Gasteiger partial charge in [-0.25, -0.2) is 18.1 Å². The molecule has 0 unspecified atom stereocenters. The fourth-order valence-corrected chi connectivity index (χ4v) is 2.23. The first-order chi connectivity index (χ1) is 8.09. The van der Waals surface area contributed by atoms with Crippen molar-refractivity contribution in [3.63, 3.8) is 0 Å². The Balaban J connectivity index is 1.93. The summed E-state index contributed by atoms with van der Waals surface area (Å²) in [5, 5.41) is 7.61. The molecule has 2 aromatic rings. The monoisotopic (exact) mass is 256 g/mol. The van der Waals surface area contributed by atoms with Gasteiger partial charge in [0.05, 0.1) is 12.5 Å². The van der Waals surface area contributed by atoms with Crippen molar-refractivity contribution in [1.29, 1.82) is 0 Å². The van der Waals surface area contributed by atoms with Gasteiger partial charge >= 0.3 is 0 Å². The lowest BCUT2D eigenvalue weighted by atomic mass is 10.4. The zero-order valence-electron chi connectivity index (χ0n) is 9.16. The van der Waals surface area contributed by atoms with Gasteiger partial charge in [0.15, 0.2) is 5.03 Å². The first kappa shape index (κ1) is 11.7. The number of aromatic amines is 1. The van der Waals surface area contributed by atoms with Gasteiger partial charge in [-0.1, -0.05) is 0 Å². The first-order valence-corrected chi connectivity index (χ1v) is 6.39. The Labute approximate surface area is 98.1 Å². The van der Waals surface area contributed by atoms with E-state index in [1.54, 1.807) is 17.9 Å². The second-order valence-corrected chi connectivity index (χ2v) is 5.16. The summed E-state index contributed by atoms with van der Waals surface area (Å²) in [5.41, 5.74) is 0. The third kappa shape index (κ3) is 2.68. The number of rotatable bonds is 5. The van der Waals surface area contributed by atoms with Gasteiger partial charge in [-0.2, -0.15) is 0 Å². The lowest BCUT2D eigenvalue weighted by Gasteiger charge is -2.03. The van der Waals surface area contributed by atoms with Crippen molar-refractivity contribution in [2.75, 3.05) is 6.54 Å². The van der Waals surface area contributed by atoms with E-state index < -0.39 is 10.0 Å². The number of aromatic nitrogens is 5. The van der Waals surface area contributed by atoms with Crippen molar-refractivity contribution < 1.29 is 8.42 Å². The molecule has 0 atom stereocenters. The molecule has 92 valence electrons. The van der Waals surface area contributed by atoms with Crippen LogP contribution in [0.3, 0.4) is 0 Å². The maximum Gasteiger partial charge on any atom is 0.257 e. The number of hydrogen-bond donors (Lipinski definition) is 2. The topological polar surface area (TPSA) is 106 Å². The van der Waals surface area contributed by atoms with Crippen molar-refractivity contribution >= 4 is 10.0 Å². The van der Waals surface area contributed by atoms with E-state index in [2.05, 4.69) is 24.9 Å². The molecule has 2 N–H and O–H groups in total. The van der Waals surface area contributed by atoms with E-state index in [9.17, 15) is 8.42 Å². The predicted octanol–water partition coefficient (Wildman–Crippen LogP) is -0.941. The number of imidazole rings is 1. The Bertz CT molecular complexity index is 573. The van der Waals surface area contributed by atoms with Gasteiger partial charge in [-0.15, -0.1) is 10.2 Å². The number of nitrogens with zero attached hydrogens (tertiary/aromatic N) is 4. The van der Waals surface area contributed by atoms with E-state index in [4.69, 9.17) is 0 Å². The number of H-pyrrole nitrogens is 1. The zero-order valence-corrected chi connectivity index (χ0v) is 9.98. The van der Waals surface area contributed by atoms with Gasteiger partial charge in [0.25, 0.3) is 10.0 Å². The van der Waals surface area contributed by atoms with Crippen LogP contribution < -0.4 is 4.72 Å². The molecule has 0 radical (unpaired) electrons. The van der Waals surface area contributed by atoms with Crippen molar-refractivity contribution in [3.05, 3.63) is 24.7 Å². The SMILES string of the molecule is Cn1cnnc1CCNS(=O)(=O)c1cnc[nH]1. The van der Waals surface area contributed by atoms with Crippen molar-refractivity contribution in [1.82, 2.24) is 29.5 Å². The van der Waals surface area contributed by atoms with E-state index in [-0.39, 0.29) is 11.6 Å². The lowest BCUT2D eigenvalue weighted by molar-refractivity contribution is 0.577. The molecule has 0 amide bonds. The van der Waals surface area contributed by atoms with Gasteiger partial charge in [0, 0.05) is 20.0 Å². The molecule has 0 aliphatic carbocycles. The number of sulfonamides is 1. The van der Waals surface area contributed by atoms with Crippen LogP contribution in [0.15, 0.2) is 23.9 Å². The Morgan fingerprint density at radius 3 is 2.94 bits per heavy atom. The van der Waals surface area contributed by atoms with Crippen LogP contribution in [0, 0.1) is 0 Å². The van der Waals surface area contributed by atoms with Crippen LogP contribution in [0.1, 0.15) is 5.82 Å². The minimum absolute atomic E-state index is 0.0514. The summed E-state index contributed by atoms with van der Waals surface area (Å²) in [4.78, 5) is 6.20. The molecule has 0 aliphatic heterocycles. The quantitative estimate of drug-likeness (QED) is 0.718. The molecule has 17 heavy (non-hydrogen) atoms. The highest BCUT2D eigenvalue weighted by Crippen LogP contribution is 2.01. The standard InChI is InChI=1S/C8H12N6O2S/c1-14-6-11-13-7(14)2-3-12-17(15,16)8-4-9-5-10-8/h4-6,12H,2-3H2,1H3,(H,9,10). The Hall–Kier alpha value is -1.74. The molecule has 0 saturated carbocycles. The molecule has 0 aromatic carbocycles. The average Bonchev–Trinajstić information content (AvgIpc) is 2.90. The molecule has 0 spiro atoms. The van der Waals surface area contributed by atoms with Crippen LogP contribution in [-0.2, 0) is 23.5 Å². The van der Waals surface area contributed by atoms with Gasteiger partial charge in [0.1, 0.15) is 12.2 Å². The highest BCUT2D eigenvalue weighted by Gasteiger charge is 2.14. The molecule has 2 aromatic heterocycles. The second kappa shape index (κ2) is 4.63. The molecule has 0 bridgehead atoms. The van der Waals surface area contributed by atoms with Crippen LogP contribution in [0.5, 0.6) is 0 Å². The van der Waals surface area contributed by atoms with Crippen LogP contribution in [0.2, 0.25) is 0 Å². The van der Waals surface area contributed by atoms with Gasteiger partial charge in [-0.05, 0) is 0 Å². The van der Waals surface area contributed by atoms with Crippen molar-refractivity contribution in [3.8, 4) is 0 Å². The summed E-state index contributed by atoms with van der Waals surface area (Å²) in [6.45, 7) is 0.258. The fourth-order valence-electron chi connectivity index (χ4n) is 1.30. The molecular formula is C8H12N6O2S. The number of hydrogen-bond acceptors (Lipinski definition) is 5. The Morgan fingerprint density at radius 1 is 1.53 bits per heavy atom. The first-order valence-electron chi connectivity index (χ1n) is 4.90. The maximum atomic E-state index is 11.7. The average molecular weight is 256 g/mol. The molecule has 0 aliphatic rings. The minimum atomic E-state index is -3.51. The highest BCUT2D eigenvalue weighted by molar-refractivity contribution is 7.89. The number of aryl methyl sites for hydroxylation is 1. The van der Waals surface area contributed by atoms with E-state index in [1.165, 1.54) is 12.5 Å². The Morgan fingerprint density at radius 2 is 2.35 bits per heavy atom. The van der Waals surface area contributed by atoms with Crippen LogP contribution in [-0.4, -0.2) is 39.7 Å². The fraction of sp³-hybridized carbons (Fsp3) is 0.375. The summed E-state index contributed by atoms with van der Waals surface area (Å²) in [5.74, 6) is 0.720. The molecule has 2 rings (SSSR count). The smallest absolute Gasteiger partial charge is 0.257 e. The Kier molecular flexibility index (Phi) is 3.20. The van der Waals surface area contributed by atoms with Gasteiger partial charge in [-0.3, -0.25) is 0 Å². The summed E-state index contributed by atoms with van der Waals surface area (Å²) >= 11 is 0. The van der Waals surface area contributed by atoms with E-state index >= 15 is 0 Å². The summed E-state index contributed by atoms with van der Waals surface area (Å²) in [6, 6.07) is 0. The van der Waals surface area contributed by atoms with Crippen molar-refractivity contribution in [2.45, 2.75) is 11.4 Å². The summed E-state index contributed by atoms with van der Waals surface area (Å²) in [6.07, 6.45) is 4.62. The van der Waals surface area contributed by atoms with Gasteiger partial charge < -0.3 is 9.55 Å². The molecule has 2 heterocycles. The van der Waals surface area contributed by atoms with Crippen LogP contribution in [0.4, 0.5) is 0 Å². The van der Waals surface area contributed by atoms with Crippen molar-refractivity contribution in [2.24, 2.45) is 7.05 Å². The largest absolute Gasteiger partial charge is 0.335 e. The number of nitrogens with one attached hydrogen (secondary N) is 2. The van der Waals surface area contributed by atoms with E-state index in [1.807, 2.05) is 0 Å². The van der Waals surface area contributed by atoms with E-state index in [0.717, 1.165) is 5.82 Å². The molecule has 0 saturated heterocycles. The normalized spacial score (nSPS) is 11.8. The van der Waals surface area contributed by atoms with Gasteiger partial charge in [0.2, 0.25) is 0 Å². The zero-order chi connectivity index (χ0) is 12.3. The van der Waals surface area contributed by atoms with E-state index in [0.29, 0.717) is 6.42 Å². The summed E-state index contributed by atoms with van der Waals surface area (Å²) in [7, 11) is -1.70. The molecule has 0 fully saturated rings. The predicted molar refractivity (Wildman–Crippen MR) is 58.5 cm³/mol. The second-order valence-electron chi connectivity index (χ2n) is 3.42. The lowest BCUT2D eigenvalue weighted by Crippen LogP contribution is -2.26. The minimum Gasteiger partial charge on any atom is -0.335 e.